The zero-order valence-electron chi connectivity index (χ0n) is 10.9. The van der Waals surface area contributed by atoms with Crippen LogP contribution in [0.25, 0.3) is 0 Å². The Morgan fingerprint density at radius 3 is 2.76 bits per heavy atom. The first kappa shape index (κ1) is 13.8. The third kappa shape index (κ3) is 2.97. The van der Waals surface area contributed by atoms with Crippen molar-refractivity contribution >= 4 is 33.5 Å². The molecule has 7 heteroatoms. The number of carbonyl (C=O) groups is 2. The predicted octanol–water partition coefficient (Wildman–Crippen LogP) is 2.93. The van der Waals surface area contributed by atoms with Crippen molar-refractivity contribution in [3.8, 4) is 0 Å². The second-order valence-corrected chi connectivity index (χ2v) is 5.82. The van der Waals surface area contributed by atoms with Crippen LogP contribution in [0.1, 0.15) is 39.7 Å². The fourth-order valence-corrected chi connectivity index (χ4v) is 2.54. The Balaban J connectivity index is 1.83. The predicted molar refractivity (Wildman–Crippen MR) is 79.6 cm³/mol. The van der Waals surface area contributed by atoms with Gasteiger partial charge in [-0.25, -0.2) is 4.79 Å². The van der Waals surface area contributed by atoms with Crippen molar-refractivity contribution in [3.63, 3.8) is 0 Å². The smallest absolute Gasteiger partial charge is 0.337 e. The highest BCUT2D eigenvalue weighted by Crippen LogP contribution is 2.37. The van der Waals surface area contributed by atoms with E-state index in [2.05, 4.69) is 26.2 Å². The standard InChI is InChI=1S/C14H12BrN3O3/c15-9-4-12(18(7-9)11-1-2-11)13(19)17-10-3-8(14(20)21)5-16-6-10/h3-7,11H,1-2H2,(H,17,19)(H,20,21). The van der Waals surface area contributed by atoms with Crippen LogP contribution < -0.4 is 5.32 Å². The van der Waals surface area contributed by atoms with Crippen LogP contribution in [0, 0.1) is 0 Å². The summed E-state index contributed by atoms with van der Waals surface area (Å²) in [6.07, 6.45) is 6.68. The summed E-state index contributed by atoms with van der Waals surface area (Å²) in [6, 6.07) is 3.51. The highest BCUT2D eigenvalue weighted by molar-refractivity contribution is 9.10. The number of aromatic nitrogens is 2. The van der Waals surface area contributed by atoms with Gasteiger partial charge in [-0.15, -0.1) is 0 Å². The zero-order chi connectivity index (χ0) is 15.0. The van der Waals surface area contributed by atoms with E-state index in [1.165, 1.54) is 18.5 Å². The van der Waals surface area contributed by atoms with Gasteiger partial charge < -0.3 is 15.0 Å². The number of nitrogens with zero attached hydrogens (tertiary/aromatic N) is 2. The molecule has 0 spiro atoms. The lowest BCUT2D eigenvalue weighted by Gasteiger charge is -2.08. The Morgan fingerprint density at radius 2 is 2.10 bits per heavy atom. The maximum absolute atomic E-state index is 12.3. The molecule has 0 unspecified atom stereocenters. The van der Waals surface area contributed by atoms with E-state index >= 15 is 0 Å². The van der Waals surface area contributed by atoms with Gasteiger partial charge in [0.25, 0.3) is 5.91 Å². The molecule has 0 radical (unpaired) electrons. The van der Waals surface area contributed by atoms with Crippen LogP contribution >= 0.6 is 15.9 Å². The topological polar surface area (TPSA) is 84.2 Å². The van der Waals surface area contributed by atoms with Crippen molar-refractivity contribution < 1.29 is 14.7 Å². The zero-order valence-corrected chi connectivity index (χ0v) is 12.5. The van der Waals surface area contributed by atoms with Gasteiger partial charge in [-0.2, -0.15) is 0 Å². The minimum absolute atomic E-state index is 0.0338. The second kappa shape index (κ2) is 5.33. The SMILES string of the molecule is O=C(O)c1cncc(NC(=O)c2cc(Br)cn2C2CC2)c1. The third-order valence-electron chi connectivity index (χ3n) is 3.23. The molecule has 1 aliphatic carbocycles. The van der Waals surface area contributed by atoms with Crippen LogP contribution in [0.2, 0.25) is 0 Å². The molecule has 1 saturated carbocycles. The van der Waals surface area contributed by atoms with Gasteiger partial charge >= 0.3 is 5.97 Å². The summed E-state index contributed by atoms with van der Waals surface area (Å²) in [5.74, 6) is -1.36. The quantitative estimate of drug-likeness (QED) is 0.888. The Hall–Kier alpha value is -2.15. The number of hydrogen-bond acceptors (Lipinski definition) is 3. The van der Waals surface area contributed by atoms with Crippen molar-refractivity contribution in [1.82, 2.24) is 9.55 Å². The van der Waals surface area contributed by atoms with Crippen LogP contribution in [0.5, 0.6) is 0 Å². The molecule has 2 aromatic rings. The van der Waals surface area contributed by atoms with Gasteiger partial charge in [0.2, 0.25) is 0 Å². The van der Waals surface area contributed by atoms with E-state index in [0.717, 1.165) is 17.3 Å². The van der Waals surface area contributed by atoms with Crippen LogP contribution in [-0.4, -0.2) is 26.5 Å². The van der Waals surface area contributed by atoms with Crippen LogP contribution in [0.4, 0.5) is 5.69 Å². The lowest BCUT2D eigenvalue weighted by atomic mass is 10.2. The maximum atomic E-state index is 12.3. The fraction of sp³-hybridized carbons (Fsp3) is 0.214. The number of nitrogens with one attached hydrogen (secondary N) is 1. The number of amides is 1. The lowest BCUT2D eigenvalue weighted by Crippen LogP contribution is -2.16. The summed E-state index contributed by atoms with van der Waals surface area (Å²) in [5, 5.41) is 11.6. The first-order valence-corrected chi connectivity index (χ1v) is 7.21. The number of anilines is 1. The van der Waals surface area contributed by atoms with E-state index in [0.29, 0.717) is 17.4 Å². The highest BCUT2D eigenvalue weighted by atomic mass is 79.9. The number of aromatic carboxylic acids is 1. The molecule has 3 rings (SSSR count). The van der Waals surface area contributed by atoms with E-state index in [1.54, 1.807) is 6.07 Å². The molecule has 2 aromatic heterocycles. The summed E-state index contributed by atoms with van der Waals surface area (Å²) in [7, 11) is 0. The summed E-state index contributed by atoms with van der Waals surface area (Å²) in [6.45, 7) is 0. The molecule has 0 bridgehead atoms. The molecule has 1 fully saturated rings. The molecule has 0 saturated heterocycles. The minimum atomic E-state index is -1.08. The molecule has 2 N–H and O–H groups in total. The van der Waals surface area contributed by atoms with Gasteiger partial charge in [0.15, 0.2) is 0 Å². The molecule has 1 aliphatic rings. The largest absolute Gasteiger partial charge is 0.478 e. The number of carbonyl (C=O) groups excluding carboxylic acids is 1. The number of pyridine rings is 1. The Bertz CT molecular complexity index is 722. The molecule has 108 valence electrons. The monoisotopic (exact) mass is 349 g/mol. The number of halogens is 1. The van der Waals surface area contributed by atoms with E-state index < -0.39 is 5.97 Å². The molecular formula is C14H12BrN3O3. The highest BCUT2D eigenvalue weighted by Gasteiger charge is 2.27. The lowest BCUT2D eigenvalue weighted by molar-refractivity contribution is 0.0696. The molecule has 0 aromatic carbocycles. The third-order valence-corrected chi connectivity index (χ3v) is 3.66. The molecule has 0 aliphatic heterocycles. The van der Waals surface area contributed by atoms with E-state index in [-0.39, 0.29) is 11.5 Å². The minimum Gasteiger partial charge on any atom is -0.478 e. The van der Waals surface area contributed by atoms with Crippen LogP contribution in [0.3, 0.4) is 0 Å². The fourth-order valence-electron chi connectivity index (χ4n) is 2.10. The average molecular weight is 350 g/mol. The first-order valence-electron chi connectivity index (χ1n) is 6.41. The van der Waals surface area contributed by atoms with Gasteiger partial charge in [0.05, 0.1) is 17.4 Å². The summed E-state index contributed by atoms with van der Waals surface area (Å²) in [5.41, 5.74) is 0.941. The van der Waals surface area contributed by atoms with Gasteiger partial charge in [-0.3, -0.25) is 9.78 Å². The number of carboxylic acids is 1. The van der Waals surface area contributed by atoms with Crippen molar-refractivity contribution in [2.75, 3.05) is 5.32 Å². The van der Waals surface area contributed by atoms with E-state index in [1.807, 2.05) is 10.8 Å². The van der Waals surface area contributed by atoms with Crippen LogP contribution in [-0.2, 0) is 0 Å². The number of hydrogen-bond donors (Lipinski definition) is 2. The van der Waals surface area contributed by atoms with Crippen molar-refractivity contribution in [1.29, 1.82) is 0 Å². The van der Waals surface area contributed by atoms with Crippen molar-refractivity contribution in [2.24, 2.45) is 0 Å². The van der Waals surface area contributed by atoms with Gasteiger partial charge in [-0.05, 0) is 40.9 Å². The molecule has 21 heavy (non-hydrogen) atoms. The van der Waals surface area contributed by atoms with Gasteiger partial charge in [0.1, 0.15) is 5.69 Å². The molecule has 6 nitrogen and oxygen atoms in total. The number of rotatable bonds is 4. The Morgan fingerprint density at radius 1 is 1.33 bits per heavy atom. The first-order chi connectivity index (χ1) is 10.0. The van der Waals surface area contributed by atoms with E-state index in [9.17, 15) is 9.59 Å². The molecule has 2 heterocycles. The van der Waals surface area contributed by atoms with Crippen LogP contribution in [0.15, 0.2) is 35.2 Å². The van der Waals surface area contributed by atoms with Crippen molar-refractivity contribution in [2.45, 2.75) is 18.9 Å². The normalized spacial score (nSPS) is 14.0. The summed E-state index contributed by atoms with van der Waals surface area (Å²) < 4.78 is 2.78. The van der Waals surface area contributed by atoms with Gasteiger partial charge in [-0.1, -0.05) is 0 Å². The maximum Gasteiger partial charge on any atom is 0.337 e. The van der Waals surface area contributed by atoms with Gasteiger partial charge in [0, 0.05) is 22.9 Å². The molecule has 1 amide bonds. The Kier molecular flexibility index (Phi) is 3.50. The average Bonchev–Trinajstić information content (AvgIpc) is 3.21. The molecular weight excluding hydrogens is 338 g/mol. The summed E-state index contributed by atoms with van der Waals surface area (Å²) in [4.78, 5) is 27.1. The Labute approximate surface area is 128 Å². The second-order valence-electron chi connectivity index (χ2n) is 4.90. The van der Waals surface area contributed by atoms with E-state index in [4.69, 9.17) is 5.11 Å². The number of carboxylic acid groups (broad SMARTS) is 1. The van der Waals surface area contributed by atoms with Crippen molar-refractivity contribution in [3.05, 3.63) is 46.5 Å². The summed E-state index contributed by atoms with van der Waals surface area (Å²) >= 11 is 3.37. The molecule has 0 atom stereocenters.